The third kappa shape index (κ3) is 5.00. The van der Waals surface area contributed by atoms with E-state index in [4.69, 9.17) is 5.26 Å². The largest absolute Gasteiger partial charge is 0.372 e. The number of benzene rings is 1. The topological polar surface area (TPSA) is 56.1 Å². The second kappa shape index (κ2) is 8.79. The van der Waals surface area contributed by atoms with Crippen molar-refractivity contribution >= 4 is 17.7 Å². The summed E-state index contributed by atoms with van der Waals surface area (Å²) in [6.45, 7) is 6.09. The average Bonchev–Trinajstić information content (AvgIpc) is 2.87. The fourth-order valence-corrected chi connectivity index (χ4v) is 2.69. The molecule has 1 amide bonds. The Hall–Kier alpha value is -2.54. The van der Waals surface area contributed by atoms with E-state index in [1.807, 2.05) is 18.2 Å². The predicted molar refractivity (Wildman–Crippen MR) is 93.9 cm³/mol. The molecule has 1 fully saturated rings. The van der Waals surface area contributed by atoms with Gasteiger partial charge < -0.3 is 10.2 Å². The van der Waals surface area contributed by atoms with Crippen LogP contribution in [0.25, 0.3) is 6.08 Å². The lowest BCUT2D eigenvalue weighted by atomic mass is 10.1. The molecule has 0 spiro atoms. The highest BCUT2D eigenvalue weighted by atomic mass is 16.1. The number of hydrogen-bond acceptors (Lipinski definition) is 3. The summed E-state index contributed by atoms with van der Waals surface area (Å²) >= 11 is 0. The van der Waals surface area contributed by atoms with Crippen molar-refractivity contribution in [3.63, 3.8) is 0 Å². The predicted octanol–water partition coefficient (Wildman–Crippen LogP) is 3.28. The van der Waals surface area contributed by atoms with Crippen molar-refractivity contribution < 1.29 is 4.79 Å². The van der Waals surface area contributed by atoms with Crippen LogP contribution in [0.15, 0.2) is 42.5 Å². The lowest BCUT2D eigenvalue weighted by Gasteiger charge is -2.22. The van der Waals surface area contributed by atoms with E-state index >= 15 is 0 Å². The van der Waals surface area contributed by atoms with Crippen LogP contribution in [0.3, 0.4) is 0 Å². The first-order valence-electron chi connectivity index (χ1n) is 8.10. The molecule has 1 N–H and O–H groups in total. The molecule has 1 saturated heterocycles. The van der Waals surface area contributed by atoms with Gasteiger partial charge in [-0.05, 0) is 36.6 Å². The number of amides is 1. The van der Waals surface area contributed by atoms with E-state index in [2.05, 4.69) is 28.9 Å². The lowest BCUT2D eigenvalue weighted by Crippen LogP contribution is -2.24. The van der Waals surface area contributed by atoms with Crippen LogP contribution in [0.2, 0.25) is 0 Å². The van der Waals surface area contributed by atoms with Gasteiger partial charge in [0, 0.05) is 25.3 Å². The zero-order valence-corrected chi connectivity index (χ0v) is 13.4. The molecule has 23 heavy (non-hydrogen) atoms. The van der Waals surface area contributed by atoms with Gasteiger partial charge in [-0.25, -0.2) is 0 Å². The molecular formula is C19H23N3O. The summed E-state index contributed by atoms with van der Waals surface area (Å²) in [4.78, 5) is 14.2. The van der Waals surface area contributed by atoms with E-state index in [-0.39, 0.29) is 11.5 Å². The average molecular weight is 309 g/mol. The summed E-state index contributed by atoms with van der Waals surface area (Å²) in [5.41, 5.74) is 2.17. The van der Waals surface area contributed by atoms with E-state index in [0.717, 1.165) is 18.7 Å². The number of anilines is 1. The van der Waals surface area contributed by atoms with Gasteiger partial charge in [0.05, 0.1) is 0 Å². The van der Waals surface area contributed by atoms with Crippen LogP contribution in [-0.2, 0) is 4.79 Å². The van der Waals surface area contributed by atoms with E-state index < -0.39 is 0 Å². The number of nitriles is 1. The quantitative estimate of drug-likeness (QED) is 0.516. The van der Waals surface area contributed by atoms with Crippen molar-refractivity contribution in [2.24, 2.45) is 0 Å². The van der Waals surface area contributed by atoms with Gasteiger partial charge in [-0.15, -0.1) is 6.58 Å². The maximum Gasteiger partial charge on any atom is 0.262 e. The maximum atomic E-state index is 11.8. The monoisotopic (exact) mass is 309 g/mol. The molecule has 4 nitrogen and oxygen atoms in total. The number of carbonyl (C=O) groups excluding carboxylic acids is 1. The molecule has 1 aliphatic rings. The minimum atomic E-state index is -0.371. The molecule has 0 aromatic heterocycles. The zero-order valence-electron chi connectivity index (χ0n) is 13.4. The molecule has 2 rings (SSSR count). The summed E-state index contributed by atoms with van der Waals surface area (Å²) in [6, 6.07) is 9.99. The molecule has 0 radical (unpaired) electrons. The Morgan fingerprint density at radius 1 is 1.22 bits per heavy atom. The Labute approximate surface area is 138 Å². The van der Waals surface area contributed by atoms with Crippen molar-refractivity contribution in [1.82, 2.24) is 5.32 Å². The molecule has 0 aliphatic carbocycles. The van der Waals surface area contributed by atoms with Gasteiger partial charge >= 0.3 is 0 Å². The number of nitrogens with zero attached hydrogens (tertiary/aromatic N) is 2. The maximum absolute atomic E-state index is 11.8. The van der Waals surface area contributed by atoms with Gasteiger partial charge in [-0.2, -0.15) is 5.26 Å². The van der Waals surface area contributed by atoms with Gasteiger partial charge in [0.2, 0.25) is 0 Å². The molecule has 1 heterocycles. The molecule has 0 atom stereocenters. The Balaban J connectivity index is 2.08. The fourth-order valence-electron chi connectivity index (χ4n) is 2.69. The molecule has 120 valence electrons. The molecule has 0 saturated carbocycles. The Morgan fingerprint density at radius 3 is 2.43 bits per heavy atom. The Kier molecular flexibility index (Phi) is 6.43. The fraction of sp³-hybridized carbons (Fsp3) is 0.368. The highest BCUT2D eigenvalue weighted by Crippen LogP contribution is 2.20. The van der Waals surface area contributed by atoms with Crippen LogP contribution in [-0.4, -0.2) is 25.5 Å². The highest BCUT2D eigenvalue weighted by Gasteiger charge is 2.10. The summed E-state index contributed by atoms with van der Waals surface area (Å²) in [6.07, 6.45) is 8.30. The summed E-state index contributed by atoms with van der Waals surface area (Å²) in [5.74, 6) is -0.371. The number of hydrogen-bond donors (Lipinski definition) is 1. The van der Waals surface area contributed by atoms with Crippen molar-refractivity contribution in [1.29, 1.82) is 5.26 Å². The van der Waals surface area contributed by atoms with E-state index in [1.165, 1.54) is 31.4 Å². The van der Waals surface area contributed by atoms with Crippen molar-refractivity contribution in [2.45, 2.75) is 25.7 Å². The molecule has 4 heteroatoms. The van der Waals surface area contributed by atoms with Gasteiger partial charge in [-0.3, -0.25) is 4.79 Å². The van der Waals surface area contributed by atoms with Gasteiger partial charge in [0.1, 0.15) is 11.6 Å². The summed E-state index contributed by atoms with van der Waals surface area (Å²) < 4.78 is 0. The van der Waals surface area contributed by atoms with Gasteiger partial charge in [0.25, 0.3) is 5.91 Å². The van der Waals surface area contributed by atoms with Crippen LogP contribution >= 0.6 is 0 Å². The smallest absolute Gasteiger partial charge is 0.262 e. The number of nitrogens with one attached hydrogen (secondary N) is 1. The van der Waals surface area contributed by atoms with Gasteiger partial charge in [0.15, 0.2) is 0 Å². The minimum Gasteiger partial charge on any atom is -0.372 e. The van der Waals surface area contributed by atoms with Crippen LogP contribution < -0.4 is 10.2 Å². The van der Waals surface area contributed by atoms with E-state index in [1.54, 1.807) is 12.2 Å². The molecule has 1 aromatic rings. The highest BCUT2D eigenvalue weighted by molar-refractivity contribution is 6.01. The van der Waals surface area contributed by atoms with Crippen LogP contribution in [0, 0.1) is 11.3 Å². The third-order valence-electron chi connectivity index (χ3n) is 3.95. The summed E-state index contributed by atoms with van der Waals surface area (Å²) in [5, 5.41) is 11.8. The Bertz CT molecular complexity index is 602. The second-order valence-electron chi connectivity index (χ2n) is 5.66. The van der Waals surface area contributed by atoms with Crippen LogP contribution in [0.1, 0.15) is 31.2 Å². The van der Waals surface area contributed by atoms with Crippen molar-refractivity contribution in [2.75, 3.05) is 24.5 Å². The molecule has 0 unspecified atom stereocenters. The third-order valence-corrected chi connectivity index (χ3v) is 3.95. The first-order chi connectivity index (χ1) is 11.2. The molecule has 1 aromatic carbocycles. The normalized spacial score (nSPS) is 15.4. The van der Waals surface area contributed by atoms with Crippen molar-refractivity contribution in [3.8, 4) is 6.07 Å². The number of carbonyl (C=O) groups is 1. The van der Waals surface area contributed by atoms with E-state index in [9.17, 15) is 4.79 Å². The van der Waals surface area contributed by atoms with E-state index in [0.29, 0.717) is 6.54 Å². The minimum absolute atomic E-state index is 0.106. The summed E-state index contributed by atoms with van der Waals surface area (Å²) in [7, 11) is 0. The molecular weight excluding hydrogens is 286 g/mol. The number of rotatable bonds is 5. The first-order valence-corrected chi connectivity index (χ1v) is 8.10. The Morgan fingerprint density at radius 2 is 1.87 bits per heavy atom. The molecule has 0 bridgehead atoms. The first kappa shape index (κ1) is 16.8. The zero-order chi connectivity index (χ0) is 16.5. The van der Waals surface area contributed by atoms with Gasteiger partial charge in [-0.1, -0.05) is 31.1 Å². The van der Waals surface area contributed by atoms with Crippen LogP contribution in [0.4, 0.5) is 5.69 Å². The second-order valence-corrected chi connectivity index (χ2v) is 5.66. The van der Waals surface area contributed by atoms with Crippen molar-refractivity contribution in [3.05, 3.63) is 48.1 Å². The lowest BCUT2D eigenvalue weighted by molar-refractivity contribution is -0.116. The molecule has 1 aliphatic heterocycles. The van der Waals surface area contributed by atoms with Crippen LogP contribution in [0.5, 0.6) is 0 Å². The SMILES string of the molecule is C=CCNC(=O)/C(C#N)=C/c1ccc(N2CCCCCC2)cc1. The standard InChI is InChI=1S/C19H23N3O/c1-2-11-21-19(23)17(15-20)14-16-7-9-18(10-8-16)22-12-5-3-4-6-13-22/h2,7-10,14H,1,3-6,11-13H2,(H,21,23)/b17-14+.